The van der Waals surface area contributed by atoms with E-state index in [0.717, 1.165) is 44.8 Å². The molecule has 1 aromatic heterocycles. The molecule has 2 rings (SSSR count). The SMILES string of the molecule is CCN(Cc1ccccn1)C1(CN)CCN(C)C1. The van der Waals surface area contributed by atoms with Crippen molar-refractivity contribution in [3.8, 4) is 0 Å². The summed E-state index contributed by atoms with van der Waals surface area (Å²) in [6.07, 6.45) is 3.01. The molecule has 2 N–H and O–H groups in total. The fourth-order valence-corrected chi connectivity index (χ4v) is 2.92. The molecule has 1 saturated heterocycles. The third kappa shape index (κ3) is 2.71. The Morgan fingerprint density at radius 3 is 2.83 bits per heavy atom. The molecular formula is C14H24N4. The van der Waals surface area contributed by atoms with Crippen molar-refractivity contribution >= 4 is 0 Å². The number of nitrogens with two attached hydrogens (primary N) is 1. The number of aromatic nitrogens is 1. The zero-order valence-electron chi connectivity index (χ0n) is 11.5. The number of hydrogen-bond acceptors (Lipinski definition) is 4. The van der Waals surface area contributed by atoms with Crippen LogP contribution in [0.25, 0.3) is 0 Å². The Morgan fingerprint density at radius 1 is 1.50 bits per heavy atom. The van der Waals surface area contributed by atoms with E-state index in [-0.39, 0.29) is 5.54 Å². The van der Waals surface area contributed by atoms with Crippen LogP contribution >= 0.6 is 0 Å². The number of pyridine rings is 1. The normalized spacial score (nSPS) is 24.9. The summed E-state index contributed by atoms with van der Waals surface area (Å²) >= 11 is 0. The number of likely N-dealkylation sites (tertiary alicyclic amines) is 1. The van der Waals surface area contributed by atoms with E-state index in [1.54, 1.807) is 0 Å². The first kappa shape index (κ1) is 13.5. The Balaban J connectivity index is 2.12. The smallest absolute Gasteiger partial charge is 0.0544 e. The first-order valence-electron chi connectivity index (χ1n) is 6.74. The van der Waals surface area contributed by atoms with Crippen LogP contribution in [0.2, 0.25) is 0 Å². The molecule has 1 aliphatic rings. The standard InChI is InChI=1S/C14H24N4/c1-3-18(10-13-6-4-5-8-16-13)14(11-15)7-9-17(2)12-14/h4-6,8H,3,7,9-12,15H2,1-2H3. The molecule has 1 unspecified atom stereocenters. The van der Waals surface area contributed by atoms with Crippen LogP contribution in [0, 0.1) is 0 Å². The lowest BCUT2D eigenvalue weighted by Gasteiger charge is -2.39. The molecule has 0 spiro atoms. The highest BCUT2D eigenvalue weighted by molar-refractivity contribution is 5.06. The molecule has 1 aromatic rings. The van der Waals surface area contributed by atoms with Gasteiger partial charge in [0.2, 0.25) is 0 Å². The van der Waals surface area contributed by atoms with Gasteiger partial charge in [-0.1, -0.05) is 13.0 Å². The Kier molecular flexibility index (Phi) is 4.32. The van der Waals surface area contributed by atoms with Crippen LogP contribution in [0.15, 0.2) is 24.4 Å². The van der Waals surface area contributed by atoms with Crippen molar-refractivity contribution < 1.29 is 0 Å². The van der Waals surface area contributed by atoms with E-state index in [0.29, 0.717) is 0 Å². The van der Waals surface area contributed by atoms with Gasteiger partial charge in [0, 0.05) is 31.4 Å². The lowest BCUT2D eigenvalue weighted by atomic mass is 9.95. The van der Waals surface area contributed by atoms with E-state index < -0.39 is 0 Å². The first-order valence-corrected chi connectivity index (χ1v) is 6.74. The van der Waals surface area contributed by atoms with Crippen molar-refractivity contribution in [3.05, 3.63) is 30.1 Å². The van der Waals surface area contributed by atoms with Gasteiger partial charge in [-0.05, 0) is 38.7 Å². The molecule has 2 heterocycles. The highest BCUT2D eigenvalue weighted by atomic mass is 15.3. The molecular weight excluding hydrogens is 224 g/mol. The average molecular weight is 248 g/mol. The van der Waals surface area contributed by atoms with Crippen molar-refractivity contribution in [2.75, 3.05) is 33.2 Å². The second kappa shape index (κ2) is 5.78. The molecule has 0 aromatic carbocycles. The molecule has 0 bridgehead atoms. The predicted molar refractivity (Wildman–Crippen MR) is 74.2 cm³/mol. The van der Waals surface area contributed by atoms with E-state index in [2.05, 4.69) is 34.8 Å². The van der Waals surface area contributed by atoms with Crippen LogP contribution in [-0.4, -0.2) is 53.5 Å². The summed E-state index contributed by atoms with van der Waals surface area (Å²) in [7, 11) is 2.17. The minimum Gasteiger partial charge on any atom is -0.329 e. The van der Waals surface area contributed by atoms with Gasteiger partial charge in [-0.25, -0.2) is 0 Å². The van der Waals surface area contributed by atoms with Crippen LogP contribution in [-0.2, 0) is 6.54 Å². The molecule has 0 saturated carbocycles. The molecule has 0 amide bonds. The molecule has 100 valence electrons. The van der Waals surface area contributed by atoms with Gasteiger partial charge in [0.1, 0.15) is 0 Å². The molecule has 1 atom stereocenters. The van der Waals surface area contributed by atoms with Gasteiger partial charge in [0.25, 0.3) is 0 Å². The van der Waals surface area contributed by atoms with E-state index in [4.69, 9.17) is 5.73 Å². The monoisotopic (exact) mass is 248 g/mol. The fraction of sp³-hybridized carbons (Fsp3) is 0.643. The zero-order valence-corrected chi connectivity index (χ0v) is 11.5. The summed E-state index contributed by atoms with van der Waals surface area (Å²) in [6.45, 7) is 7.03. The van der Waals surface area contributed by atoms with Crippen molar-refractivity contribution in [2.45, 2.75) is 25.4 Å². The highest BCUT2D eigenvalue weighted by Gasteiger charge is 2.40. The van der Waals surface area contributed by atoms with Crippen LogP contribution in [0.1, 0.15) is 19.0 Å². The second-order valence-electron chi connectivity index (χ2n) is 5.25. The second-order valence-corrected chi connectivity index (χ2v) is 5.25. The summed E-state index contributed by atoms with van der Waals surface area (Å²) in [6, 6.07) is 6.10. The Bertz CT molecular complexity index is 367. The molecule has 4 heteroatoms. The van der Waals surface area contributed by atoms with Gasteiger partial charge in [0.15, 0.2) is 0 Å². The van der Waals surface area contributed by atoms with E-state index >= 15 is 0 Å². The molecule has 4 nitrogen and oxygen atoms in total. The van der Waals surface area contributed by atoms with Crippen molar-refractivity contribution in [1.82, 2.24) is 14.8 Å². The van der Waals surface area contributed by atoms with Gasteiger partial charge >= 0.3 is 0 Å². The topological polar surface area (TPSA) is 45.4 Å². The minimum atomic E-state index is 0.126. The minimum absolute atomic E-state index is 0.126. The first-order chi connectivity index (χ1) is 8.70. The Labute approximate surface area is 110 Å². The van der Waals surface area contributed by atoms with E-state index in [1.165, 1.54) is 0 Å². The van der Waals surface area contributed by atoms with Crippen LogP contribution in [0.4, 0.5) is 0 Å². The molecule has 1 fully saturated rings. The molecule has 1 aliphatic heterocycles. The fourth-order valence-electron chi connectivity index (χ4n) is 2.92. The summed E-state index contributed by atoms with van der Waals surface area (Å²) in [5, 5.41) is 0. The van der Waals surface area contributed by atoms with Gasteiger partial charge in [0.05, 0.1) is 5.69 Å². The van der Waals surface area contributed by atoms with Gasteiger partial charge in [-0.3, -0.25) is 9.88 Å². The lowest BCUT2D eigenvalue weighted by Crippen LogP contribution is -2.55. The lowest BCUT2D eigenvalue weighted by molar-refractivity contribution is 0.0982. The van der Waals surface area contributed by atoms with Crippen molar-refractivity contribution in [2.24, 2.45) is 5.73 Å². The predicted octanol–water partition coefficient (Wildman–Crippen LogP) is 0.937. The maximum absolute atomic E-state index is 6.07. The Morgan fingerprint density at radius 2 is 2.33 bits per heavy atom. The van der Waals surface area contributed by atoms with Gasteiger partial charge in [-0.2, -0.15) is 0 Å². The summed E-state index contributed by atoms with van der Waals surface area (Å²) in [5.41, 5.74) is 7.33. The quantitative estimate of drug-likeness (QED) is 0.842. The summed E-state index contributed by atoms with van der Waals surface area (Å²) < 4.78 is 0. The van der Waals surface area contributed by atoms with Crippen LogP contribution < -0.4 is 5.73 Å². The van der Waals surface area contributed by atoms with Crippen LogP contribution in [0.3, 0.4) is 0 Å². The highest BCUT2D eigenvalue weighted by Crippen LogP contribution is 2.27. The van der Waals surface area contributed by atoms with Gasteiger partial charge < -0.3 is 10.6 Å². The maximum atomic E-state index is 6.07. The third-order valence-corrected chi connectivity index (χ3v) is 4.03. The zero-order chi connectivity index (χ0) is 13.0. The molecule has 0 radical (unpaired) electrons. The number of hydrogen-bond donors (Lipinski definition) is 1. The van der Waals surface area contributed by atoms with E-state index in [1.807, 2.05) is 18.3 Å². The molecule has 0 aliphatic carbocycles. The number of nitrogens with zero attached hydrogens (tertiary/aromatic N) is 3. The van der Waals surface area contributed by atoms with E-state index in [9.17, 15) is 0 Å². The van der Waals surface area contributed by atoms with Crippen molar-refractivity contribution in [3.63, 3.8) is 0 Å². The van der Waals surface area contributed by atoms with Gasteiger partial charge in [-0.15, -0.1) is 0 Å². The Hall–Kier alpha value is -0.970. The number of rotatable bonds is 5. The molecule has 18 heavy (non-hydrogen) atoms. The van der Waals surface area contributed by atoms with Crippen LogP contribution in [0.5, 0.6) is 0 Å². The summed E-state index contributed by atoms with van der Waals surface area (Å²) in [5.74, 6) is 0. The summed E-state index contributed by atoms with van der Waals surface area (Å²) in [4.78, 5) is 9.28. The number of likely N-dealkylation sites (N-methyl/N-ethyl adjacent to an activating group) is 2. The third-order valence-electron chi connectivity index (χ3n) is 4.03. The largest absolute Gasteiger partial charge is 0.329 e. The van der Waals surface area contributed by atoms with Crippen molar-refractivity contribution in [1.29, 1.82) is 0 Å². The maximum Gasteiger partial charge on any atom is 0.0544 e. The average Bonchev–Trinajstić information content (AvgIpc) is 2.80.